The van der Waals surface area contributed by atoms with E-state index in [9.17, 15) is 18.0 Å². The summed E-state index contributed by atoms with van der Waals surface area (Å²) in [6.45, 7) is 2.42. The number of rotatable bonds is 7. The number of benzene rings is 3. The zero-order valence-electron chi connectivity index (χ0n) is 16.9. The molecule has 0 saturated carbocycles. The van der Waals surface area contributed by atoms with Crippen molar-refractivity contribution in [2.75, 3.05) is 6.61 Å². The molecular formula is C25H21F3O3. The summed E-state index contributed by atoms with van der Waals surface area (Å²) in [6.07, 6.45) is -1.47. The number of esters is 1. The summed E-state index contributed by atoms with van der Waals surface area (Å²) in [7, 11) is 0. The van der Waals surface area contributed by atoms with E-state index < -0.39 is 29.9 Å². The van der Waals surface area contributed by atoms with Crippen molar-refractivity contribution < 1.29 is 27.4 Å². The third-order valence-corrected chi connectivity index (χ3v) is 5.21. The SMILES string of the molecule is CCCc1ccc(C(=O)Oc2ccc(-c3ccc(C4CO4)c(F)c3C(F)F)cc2)cc1. The quantitative estimate of drug-likeness (QED) is 0.241. The highest BCUT2D eigenvalue weighted by Gasteiger charge is 2.32. The summed E-state index contributed by atoms with van der Waals surface area (Å²) in [6, 6.07) is 16.2. The second-order valence-corrected chi connectivity index (χ2v) is 7.41. The van der Waals surface area contributed by atoms with E-state index in [1.54, 1.807) is 12.1 Å². The summed E-state index contributed by atoms with van der Waals surface area (Å²) >= 11 is 0. The molecule has 3 aromatic rings. The number of halogens is 3. The van der Waals surface area contributed by atoms with Gasteiger partial charge in [-0.2, -0.15) is 0 Å². The van der Waals surface area contributed by atoms with Gasteiger partial charge in [0.1, 0.15) is 17.7 Å². The molecule has 0 aliphatic carbocycles. The standard InChI is InChI=1S/C25H21F3O3/c1-2-3-15-4-6-17(7-5-15)25(29)31-18-10-8-16(9-11-18)19-12-13-20(21-14-30-21)23(26)22(19)24(27)28/h4-13,21,24H,2-3,14H2,1H3. The first-order valence-corrected chi connectivity index (χ1v) is 10.1. The summed E-state index contributed by atoms with van der Waals surface area (Å²) in [5.74, 6) is -1.17. The Kier molecular flexibility index (Phi) is 6.09. The minimum Gasteiger partial charge on any atom is -0.423 e. The number of ether oxygens (including phenoxy) is 2. The van der Waals surface area contributed by atoms with Crippen LogP contribution in [-0.4, -0.2) is 12.6 Å². The third kappa shape index (κ3) is 4.64. The van der Waals surface area contributed by atoms with Gasteiger partial charge in [-0.05, 0) is 47.4 Å². The van der Waals surface area contributed by atoms with Crippen molar-refractivity contribution in [2.24, 2.45) is 0 Å². The molecule has 1 atom stereocenters. The maximum atomic E-state index is 14.6. The minimum absolute atomic E-state index is 0.0984. The van der Waals surface area contributed by atoms with Crippen LogP contribution < -0.4 is 4.74 Å². The van der Waals surface area contributed by atoms with Crippen LogP contribution >= 0.6 is 0 Å². The van der Waals surface area contributed by atoms with Gasteiger partial charge in [0.25, 0.3) is 6.43 Å². The van der Waals surface area contributed by atoms with Crippen LogP contribution in [0.15, 0.2) is 60.7 Å². The fourth-order valence-electron chi connectivity index (χ4n) is 3.52. The maximum Gasteiger partial charge on any atom is 0.343 e. The van der Waals surface area contributed by atoms with Crippen molar-refractivity contribution in [2.45, 2.75) is 32.3 Å². The van der Waals surface area contributed by atoms with Gasteiger partial charge >= 0.3 is 5.97 Å². The Morgan fingerprint density at radius 2 is 1.74 bits per heavy atom. The van der Waals surface area contributed by atoms with E-state index in [0.29, 0.717) is 17.7 Å². The lowest BCUT2D eigenvalue weighted by Gasteiger charge is -2.13. The summed E-state index contributed by atoms with van der Waals surface area (Å²) in [5, 5.41) is 0. The number of alkyl halides is 2. The van der Waals surface area contributed by atoms with Crippen molar-refractivity contribution in [1.82, 2.24) is 0 Å². The molecule has 0 radical (unpaired) electrons. The van der Waals surface area contributed by atoms with E-state index in [0.717, 1.165) is 18.4 Å². The summed E-state index contributed by atoms with van der Waals surface area (Å²) < 4.78 is 52.3. The van der Waals surface area contributed by atoms with E-state index >= 15 is 0 Å². The number of carbonyl (C=O) groups excluding carboxylic acids is 1. The molecule has 0 amide bonds. The van der Waals surface area contributed by atoms with E-state index in [1.165, 1.54) is 36.4 Å². The Labute approximate surface area is 178 Å². The molecule has 1 aliphatic heterocycles. The molecule has 0 bridgehead atoms. The third-order valence-electron chi connectivity index (χ3n) is 5.21. The molecule has 1 unspecified atom stereocenters. The number of hydrogen-bond acceptors (Lipinski definition) is 3. The lowest BCUT2D eigenvalue weighted by molar-refractivity contribution is 0.0734. The monoisotopic (exact) mass is 426 g/mol. The molecule has 3 nitrogen and oxygen atoms in total. The predicted octanol–water partition coefficient (Wildman–Crippen LogP) is 6.67. The minimum atomic E-state index is -2.97. The Bertz CT molecular complexity index is 1070. The van der Waals surface area contributed by atoms with Crippen LogP contribution in [0.2, 0.25) is 0 Å². The topological polar surface area (TPSA) is 38.8 Å². The van der Waals surface area contributed by atoms with Crippen LogP contribution in [0.1, 0.15) is 52.9 Å². The number of epoxide rings is 1. The lowest BCUT2D eigenvalue weighted by atomic mass is 9.96. The maximum absolute atomic E-state index is 14.6. The molecule has 0 spiro atoms. The van der Waals surface area contributed by atoms with Gasteiger partial charge in [0.2, 0.25) is 0 Å². The van der Waals surface area contributed by atoms with Gasteiger partial charge in [-0.1, -0.05) is 49.7 Å². The molecule has 3 aromatic carbocycles. The van der Waals surface area contributed by atoms with Crippen LogP contribution in [-0.2, 0) is 11.2 Å². The molecule has 1 fully saturated rings. The lowest BCUT2D eigenvalue weighted by Crippen LogP contribution is -2.08. The smallest absolute Gasteiger partial charge is 0.343 e. The first-order chi connectivity index (χ1) is 15.0. The van der Waals surface area contributed by atoms with Crippen LogP contribution in [0.3, 0.4) is 0 Å². The van der Waals surface area contributed by atoms with Gasteiger partial charge in [-0.15, -0.1) is 0 Å². The van der Waals surface area contributed by atoms with Crippen LogP contribution in [0, 0.1) is 5.82 Å². The van der Waals surface area contributed by atoms with Crippen LogP contribution in [0.5, 0.6) is 5.75 Å². The van der Waals surface area contributed by atoms with Gasteiger partial charge in [0, 0.05) is 5.56 Å². The molecule has 4 rings (SSSR count). The molecule has 1 saturated heterocycles. The second kappa shape index (κ2) is 8.94. The van der Waals surface area contributed by atoms with Gasteiger partial charge in [-0.25, -0.2) is 18.0 Å². The summed E-state index contributed by atoms with van der Waals surface area (Å²) in [4.78, 5) is 12.4. The highest BCUT2D eigenvalue weighted by Crippen LogP contribution is 2.40. The van der Waals surface area contributed by atoms with Gasteiger partial charge < -0.3 is 9.47 Å². The molecule has 0 aromatic heterocycles. The van der Waals surface area contributed by atoms with Crippen molar-refractivity contribution in [3.05, 3.63) is 88.7 Å². The van der Waals surface area contributed by atoms with E-state index in [2.05, 4.69) is 6.92 Å². The largest absolute Gasteiger partial charge is 0.423 e. The summed E-state index contributed by atoms with van der Waals surface area (Å²) in [5.41, 5.74) is 1.57. The number of aryl methyl sites for hydroxylation is 1. The first-order valence-electron chi connectivity index (χ1n) is 10.1. The molecule has 31 heavy (non-hydrogen) atoms. The average molecular weight is 426 g/mol. The first kappa shape index (κ1) is 21.1. The molecule has 1 heterocycles. The Balaban J connectivity index is 1.53. The molecule has 0 N–H and O–H groups in total. The van der Waals surface area contributed by atoms with Crippen LogP contribution in [0.25, 0.3) is 11.1 Å². The average Bonchev–Trinajstić information content (AvgIpc) is 3.60. The van der Waals surface area contributed by atoms with E-state index in [4.69, 9.17) is 9.47 Å². The Morgan fingerprint density at radius 1 is 1.06 bits per heavy atom. The Hall–Kier alpha value is -3.12. The zero-order chi connectivity index (χ0) is 22.0. The van der Waals surface area contributed by atoms with E-state index in [1.807, 2.05) is 12.1 Å². The Morgan fingerprint density at radius 3 is 2.32 bits per heavy atom. The van der Waals surface area contributed by atoms with Crippen molar-refractivity contribution in [3.8, 4) is 16.9 Å². The highest BCUT2D eigenvalue weighted by molar-refractivity contribution is 5.91. The van der Waals surface area contributed by atoms with Crippen molar-refractivity contribution in [3.63, 3.8) is 0 Å². The van der Waals surface area contributed by atoms with Crippen molar-refractivity contribution in [1.29, 1.82) is 0 Å². The highest BCUT2D eigenvalue weighted by atomic mass is 19.3. The van der Waals surface area contributed by atoms with Gasteiger partial charge in [0.15, 0.2) is 0 Å². The molecular weight excluding hydrogens is 405 g/mol. The number of hydrogen-bond donors (Lipinski definition) is 0. The second-order valence-electron chi connectivity index (χ2n) is 7.41. The fraction of sp³-hybridized carbons (Fsp3) is 0.240. The number of carbonyl (C=O) groups is 1. The fourth-order valence-corrected chi connectivity index (χ4v) is 3.52. The predicted molar refractivity (Wildman–Crippen MR) is 111 cm³/mol. The van der Waals surface area contributed by atoms with E-state index in [-0.39, 0.29) is 16.9 Å². The normalized spacial score (nSPS) is 15.2. The van der Waals surface area contributed by atoms with Crippen molar-refractivity contribution >= 4 is 5.97 Å². The molecule has 1 aliphatic rings. The van der Waals surface area contributed by atoms with Gasteiger partial charge in [0.05, 0.1) is 17.7 Å². The molecule has 6 heteroatoms. The molecule has 160 valence electrons. The van der Waals surface area contributed by atoms with Crippen LogP contribution in [0.4, 0.5) is 13.2 Å². The zero-order valence-corrected chi connectivity index (χ0v) is 16.9. The van der Waals surface area contributed by atoms with Gasteiger partial charge in [-0.3, -0.25) is 0 Å².